The molecule has 2 unspecified atom stereocenters. The van der Waals surface area contributed by atoms with Gasteiger partial charge in [0.05, 0.1) is 14.2 Å². The second-order valence-electron chi connectivity index (χ2n) is 9.29. The molecular formula is C29H31ClFN3O4. The summed E-state index contributed by atoms with van der Waals surface area (Å²) in [5.41, 5.74) is 8.22. The summed E-state index contributed by atoms with van der Waals surface area (Å²) >= 11 is 6.55. The molecule has 0 aromatic heterocycles. The Kier molecular flexibility index (Phi) is 8.86. The van der Waals surface area contributed by atoms with Gasteiger partial charge in [-0.25, -0.2) is 4.39 Å². The van der Waals surface area contributed by atoms with E-state index in [0.29, 0.717) is 33.3 Å². The number of nitrogens with two attached hydrogens (primary N) is 1. The molecule has 4 rings (SSSR count). The molecule has 1 aliphatic rings. The van der Waals surface area contributed by atoms with Gasteiger partial charge >= 0.3 is 0 Å². The van der Waals surface area contributed by atoms with Crippen LogP contribution in [0.25, 0.3) is 0 Å². The fraction of sp³-hybridized carbons (Fsp3) is 0.310. The molecule has 1 aliphatic carbocycles. The lowest BCUT2D eigenvalue weighted by Crippen LogP contribution is -2.51. The van der Waals surface area contributed by atoms with Crippen molar-refractivity contribution in [3.05, 3.63) is 88.2 Å². The van der Waals surface area contributed by atoms with E-state index < -0.39 is 5.82 Å². The Labute approximate surface area is 226 Å². The van der Waals surface area contributed by atoms with Crippen LogP contribution < -0.4 is 20.5 Å². The van der Waals surface area contributed by atoms with E-state index in [1.54, 1.807) is 47.4 Å². The van der Waals surface area contributed by atoms with Crippen LogP contribution in [0.3, 0.4) is 0 Å². The maximum absolute atomic E-state index is 13.9. The van der Waals surface area contributed by atoms with E-state index in [1.165, 1.54) is 32.4 Å². The summed E-state index contributed by atoms with van der Waals surface area (Å²) in [4.78, 5) is 28.2. The fourth-order valence-electron chi connectivity index (χ4n) is 4.79. The van der Waals surface area contributed by atoms with Crippen LogP contribution in [0.4, 0.5) is 10.1 Å². The highest BCUT2D eigenvalue weighted by Gasteiger charge is 2.32. The molecule has 0 aliphatic heterocycles. The molecule has 0 spiro atoms. The summed E-state index contributed by atoms with van der Waals surface area (Å²) < 4.78 is 24.5. The van der Waals surface area contributed by atoms with Gasteiger partial charge in [0.25, 0.3) is 11.8 Å². The topological polar surface area (TPSA) is 93.9 Å². The van der Waals surface area contributed by atoms with Crippen molar-refractivity contribution in [2.24, 2.45) is 5.73 Å². The van der Waals surface area contributed by atoms with Crippen LogP contribution in [-0.2, 0) is 6.54 Å². The maximum atomic E-state index is 13.9. The number of rotatable bonds is 8. The number of nitrogens with zero attached hydrogens (tertiary/aromatic N) is 1. The van der Waals surface area contributed by atoms with Gasteiger partial charge in [-0.3, -0.25) is 9.59 Å². The first kappa shape index (κ1) is 27.4. The average molecular weight is 540 g/mol. The largest absolute Gasteiger partial charge is 0.493 e. The van der Waals surface area contributed by atoms with E-state index in [2.05, 4.69) is 5.32 Å². The second-order valence-corrected chi connectivity index (χ2v) is 9.70. The molecule has 0 saturated heterocycles. The quantitative estimate of drug-likeness (QED) is 0.385. The number of hydrogen-bond acceptors (Lipinski definition) is 5. The molecule has 3 aromatic rings. The van der Waals surface area contributed by atoms with Crippen molar-refractivity contribution in [1.29, 1.82) is 0 Å². The zero-order valence-corrected chi connectivity index (χ0v) is 22.1. The SMILES string of the molecule is COc1ccc(C(=O)Nc2ccc(Cl)c(CN(C(=O)c3cccc(F)c3)C3CCCCC3N)c2)cc1OC. The van der Waals surface area contributed by atoms with Gasteiger partial charge in [0.1, 0.15) is 5.82 Å². The molecule has 3 aromatic carbocycles. The number of benzene rings is 3. The Bertz CT molecular complexity index is 1320. The highest BCUT2D eigenvalue weighted by Crippen LogP contribution is 2.30. The molecule has 1 fully saturated rings. The van der Waals surface area contributed by atoms with E-state index in [0.717, 1.165) is 25.7 Å². The molecule has 0 bridgehead atoms. The number of hydrogen-bond donors (Lipinski definition) is 2. The van der Waals surface area contributed by atoms with Gasteiger partial charge in [0, 0.05) is 40.5 Å². The third kappa shape index (κ3) is 6.26. The summed E-state index contributed by atoms with van der Waals surface area (Å²) in [5, 5.41) is 3.31. The smallest absolute Gasteiger partial charge is 0.255 e. The van der Waals surface area contributed by atoms with Gasteiger partial charge in [-0.1, -0.05) is 30.5 Å². The first-order valence-electron chi connectivity index (χ1n) is 12.4. The molecule has 1 saturated carbocycles. The van der Waals surface area contributed by atoms with Crippen LogP contribution in [0.2, 0.25) is 5.02 Å². The van der Waals surface area contributed by atoms with Crippen molar-refractivity contribution >= 4 is 29.1 Å². The summed E-state index contributed by atoms with van der Waals surface area (Å²) in [5.74, 6) is -0.195. The molecule has 2 amide bonds. The monoisotopic (exact) mass is 539 g/mol. The van der Waals surface area contributed by atoms with Gasteiger partial charge in [0.15, 0.2) is 11.5 Å². The summed E-state index contributed by atoms with van der Waals surface area (Å²) in [6, 6.07) is 15.2. The molecule has 7 nitrogen and oxygen atoms in total. The Hall–Kier alpha value is -3.62. The first-order chi connectivity index (χ1) is 18.3. The van der Waals surface area contributed by atoms with Crippen molar-refractivity contribution in [3.63, 3.8) is 0 Å². The zero-order valence-electron chi connectivity index (χ0n) is 21.4. The molecule has 200 valence electrons. The minimum absolute atomic E-state index is 0.159. The lowest BCUT2D eigenvalue weighted by Gasteiger charge is -2.38. The molecule has 9 heteroatoms. The van der Waals surface area contributed by atoms with Crippen LogP contribution >= 0.6 is 11.6 Å². The van der Waals surface area contributed by atoms with Gasteiger partial charge in [-0.2, -0.15) is 0 Å². The van der Waals surface area contributed by atoms with Crippen molar-refractivity contribution in [1.82, 2.24) is 4.90 Å². The highest BCUT2D eigenvalue weighted by atomic mass is 35.5. The molecule has 0 radical (unpaired) electrons. The van der Waals surface area contributed by atoms with Gasteiger partial charge < -0.3 is 25.4 Å². The van der Waals surface area contributed by atoms with E-state index in [-0.39, 0.29) is 36.0 Å². The summed E-state index contributed by atoms with van der Waals surface area (Å²) in [7, 11) is 3.02. The lowest BCUT2D eigenvalue weighted by atomic mass is 9.89. The maximum Gasteiger partial charge on any atom is 0.255 e. The number of anilines is 1. The van der Waals surface area contributed by atoms with Crippen molar-refractivity contribution in [3.8, 4) is 11.5 Å². The van der Waals surface area contributed by atoms with Gasteiger partial charge in [-0.05, 0) is 73.0 Å². The third-order valence-corrected chi connectivity index (χ3v) is 7.17. The second kappa shape index (κ2) is 12.3. The van der Waals surface area contributed by atoms with Crippen LogP contribution in [0.15, 0.2) is 60.7 Å². The Morgan fingerprint density at radius 2 is 1.76 bits per heavy atom. The van der Waals surface area contributed by atoms with Crippen LogP contribution in [0.1, 0.15) is 52.0 Å². The number of carbonyl (C=O) groups excluding carboxylic acids is 2. The number of carbonyl (C=O) groups is 2. The van der Waals surface area contributed by atoms with Gasteiger partial charge in [0.2, 0.25) is 0 Å². The number of amides is 2. The first-order valence-corrected chi connectivity index (χ1v) is 12.8. The van der Waals surface area contributed by atoms with E-state index in [4.69, 9.17) is 26.8 Å². The number of ether oxygens (including phenoxy) is 2. The third-order valence-electron chi connectivity index (χ3n) is 6.80. The van der Waals surface area contributed by atoms with Crippen molar-refractivity contribution < 1.29 is 23.5 Å². The number of methoxy groups -OCH3 is 2. The predicted octanol–water partition coefficient (Wildman–Crippen LogP) is 5.66. The molecule has 0 heterocycles. The lowest BCUT2D eigenvalue weighted by molar-refractivity contribution is 0.0583. The molecular weight excluding hydrogens is 509 g/mol. The van der Waals surface area contributed by atoms with E-state index in [9.17, 15) is 14.0 Å². The summed E-state index contributed by atoms with van der Waals surface area (Å²) in [6.45, 7) is 0.159. The highest BCUT2D eigenvalue weighted by molar-refractivity contribution is 6.31. The normalized spacial score (nSPS) is 17.0. The average Bonchev–Trinajstić information content (AvgIpc) is 2.93. The van der Waals surface area contributed by atoms with E-state index >= 15 is 0 Å². The Morgan fingerprint density at radius 1 is 1.00 bits per heavy atom. The summed E-state index contributed by atoms with van der Waals surface area (Å²) in [6.07, 6.45) is 3.49. The number of nitrogens with one attached hydrogen (secondary N) is 1. The van der Waals surface area contributed by atoms with Crippen LogP contribution in [0, 0.1) is 5.82 Å². The van der Waals surface area contributed by atoms with Crippen molar-refractivity contribution in [2.45, 2.75) is 44.3 Å². The standard InChI is InChI=1S/C29H31ClFN3O4/c1-37-26-13-10-18(16-27(26)38-2)28(35)33-22-11-12-23(30)20(15-22)17-34(25-9-4-3-8-24(25)32)29(36)19-6-5-7-21(31)14-19/h5-7,10-16,24-25H,3-4,8-9,17,32H2,1-2H3,(H,33,35). The number of halogens is 2. The van der Waals surface area contributed by atoms with Crippen LogP contribution in [0.5, 0.6) is 11.5 Å². The predicted molar refractivity (Wildman–Crippen MR) is 145 cm³/mol. The minimum Gasteiger partial charge on any atom is -0.493 e. The van der Waals surface area contributed by atoms with Gasteiger partial charge in [-0.15, -0.1) is 0 Å². The fourth-order valence-corrected chi connectivity index (χ4v) is 4.97. The molecule has 38 heavy (non-hydrogen) atoms. The minimum atomic E-state index is -0.485. The Balaban J connectivity index is 1.60. The van der Waals surface area contributed by atoms with E-state index in [1.807, 2.05) is 0 Å². The molecule has 3 N–H and O–H groups in total. The van der Waals surface area contributed by atoms with Crippen molar-refractivity contribution in [2.75, 3.05) is 19.5 Å². The zero-order chi connectivity index (χ0) is 27.2. The van der Waals surface area contributed by atoms with Crippen LogP contribution in [-0.4, -0.2) is 43.0 Å². The molecule has 2 atom stereocenters. The Morgan fingerprint density at radius 3 is 2.47 bits per heavy atom.